The number of hydrogen-bond acceptors (Lipinski definition) is 3. The van der Waals surface area contributed by atoms with Gasteiger partial charge in [-0.15, -0.1) is 0 Å². The van der Waals surface area contributed by atoms with Gasteiger partial charge in [0, 0.05) is 18.3 Å². The van der Waals surface area contributed by atoms with Crippen molar-refractivity contribution in [3.63, 3.8) is 0 Å². The summed E-state index contributed by atoms with van der Waals surface area (Å²) in [5, 5.41) is 9.09. The summed E-state index contributed by atoms with van der Waals surface area (Å²) in [4.78, 5) is 14.9. The molecule has 0 spiro atoms. The average molecular weight is 193 g/mol. The maximum atomic E-state index is 11.1. The van der Waals surface area contributed by atoms with Crippen molar-refractivity contribution >= 4 is 5.97 Å². The van der Waals surface area contributed by atoms with Crippen molar-refractivity contribution in [2.24, 2.45) is 5.92 Å². The first-order chi connectivity index (χ1) is 6.79. The van der Waals surface area contributed by atoms with Crippen molar-refractivity contribution < 1.29 is 14.6 Å². The van der Waals surface area contributed by atoms with Crippen LogP contribution in [0.4, 0.5) is 0 Å². The van der Waals surface area contributed by atoms with Crippen LogP contribution in [0.5, 0.6) is 0 Å². The first-order valence-corrected chi connectivity index (χ1v) is 4.49. The van der Waals surface area contributed by atoms with Crippen LogP contribution in [0.1, 0.15) is 11.5 Å². The molecule has 1 aliphatic heterocycles. The number of hydrogen-bond donors (Lipinski definition) is 1. The van der Waals surface area contributed by atoms with Crippen LogP contribution in [0.3, 0.4) is 0 Å². The number of carbonyl (C=O) groups is 1. The highest BCUT2D eigenvalue weighted by Crippen LogP contribution is 2.29. The van der Waals surface area contributed by atoms with Gasteiger partial charge in [0.15, 0.2) is 0 Å². The van der Waals surface area contributed by atoms with Crippen molar-refractivity contribution in [2.75, 3.05) is 13.2 Å². The standard InChI is InChI=1S/C10H11NO3/c12-10(13)9(8-5-14-6-8)7-1-3-11-4-2-7/h1-4,8-9H,5-6H2,(H,12,13). The minimum Gasteiger partial charge on any atom is -0.481 e. The van der Waals surface area contributed by atoms with E-state index in [2.05, 4.69) is 4.98 Å². The molecule has 1 atom stereocenters. The van der Waals surface area contributed by atoms with Crippen molar-refractivity contribution in [2.45, 2.75) is 5.92 Å². The quantitative estimate of drug-likeness (QED) is 0.774. The maximum absolute atomic E-state index is 11.1. The van der Waals surface area contributed by atoms with Gasteiger partial charge < -0.3 is 9.84 Å². The Morgan fingerprint density at radius 3 is 2.57 bits per heavy atom. The molecule has 1 fully saturated rings. The Labute approximate surface area is 81.5 Å². The molecular weight excluding hydrogens is 182 g/mol. The Bertz CT molecular complexity index is 321. The zero-order valence-electron chi connectivity index (χ0n) is 7.59. The van der Waals surface area contributed by atoms with E-state index in [1.54, 1.807) is 24.5 Å². The molecule has 0 saturated carbocycles. The molecular formula is C10H11NO3. The van der Waals surface area contributed by atoms with Gasteiger partial charge in [0.2, 0.25) is 0 Å². The van der Waals surface area contributed by atoms with E-state index in [1.807, 2.05) is 0 Å². The average Bonchev–Trinajstić information content (AvgIpc) is 2.12. The Kier molecular flexibility index (Phi) is 2.45. The van der Waals surface area contributed by atoms with Crippen LogP contribution < -0.4 is 0 Å². The first kappa shape index (κ1) is 9.15. The lowest BCUT2D eigenvalue weighted by atomic mass is 9.85. The van der Waals surface area contributed by atoms with Gasteiger partial charge >= 0.3 is 5.97 Å². The zero-order chi connectivity index (χ0) is 9.97. The molecule has 2 rings (SSSR count). The van der Waals surface area contributed by atoms with Gasteiger partial charge in [-0.25, -0.2) is 0 Å². The molecule has 74 valence electrons. The first-order valence-electron chi connectivity index (χ1n) is 4.49. The Balaban J connectivity index is 2.22. The third-order valence-electron chi connectivity index (χ3n) is 2.47. The topological polar surface area (TPSA) is 59.4 Å². The molecule has 14 heavy (non-hydrogen) atoms. The lowest BCUT2D eigenvalue weighted by Crippen LogP contribution is -2.36. The fraction of sp³-hybridized carbons (Fsp3) is 0.400. The van der Waals surface area contributed by atoms with Crippen LogP contribution in [-0.2, 0) is 9.53 Å². The third kappa shape index (κ3) is 1.61. The molecule has 4 nitrogen and oxygen atoms in total. The molecule has 0 bridgehead atoms. The molecule has 0 radical (unpaired) electrons. The monoisotopic (exact) mass is 193 g/mol. The summed E-state index contributed by atoms with van der Waals surface area (Å²) in [5.74, 6) is -1.13. The highest BCUT2D eigenvalue weighted by Gasteiger charge is 2.34. The molecule has 1 saturated heterocycles. The molecule has 1 unspecified atom stereocenters. The van der Waals surface area contributed by atoms with Gasteiger partial charge in [-0.2, -0.15) is 0 Å². The number of aliphatic carboxylic acids is 1. The number of pyridine rings is 1. The molecule has 0 aliphatic carbocycles. The molecule has 1 aromatic heterocycles. The summed E-state index contributed by atoms with van der Waals surface area (Å²) >= 11 is 0. The third-order valence-corrected chi connectivity index (χ3v) is 2.47. The molecule has 0 aromatic carbocycles. The molecule has 4 heteroatoms. The fourth-order valence-corrected chi connectivity index (χ4v) is 1.63. The van der Waals surface area contributed by atoms with Crippen molar-refractivity contribution in [1.82, 2.24) is 4.98 Å². The number of nitrogens with zero attached hydrogens (tertiary/aromatic N) is 1. The minimum atomic E-state index is -0.787. The second kappa shape index (κ2) is 3.75. The second-order valence-corrected chi connectivity index (χ2v) is 3.39. The van der Waals surface area contributed by atoms with E-state index in [-0.39, 0.29) is 5.92 Å². The normalized spacial score (nSPS) is 18.6. The lowest BCUT2D eigenvalue weighted by molar-refractivity contribution is -0.146. The lowest BCUT2D eigenvalue weighted by Gasteiger charge is -2.31. The van der Waals surface area contributed by atoms with Crippen LogP contribution in [-0.4, -0.2) is 29.3 Å². The number of aromatic nitrogens is 1. The molecule has 1 aliphatic rings. The minimum absolute atomic E-state index is 0.106. The van der Waals surface area contributed by atoms with Crippen LogP contribution in [0.15, 0.2) is 24.5 Å². The summed E-state index contributed by atoms with van der Waals surface area (Å²) in [5.41, 5.74) is 0.806. The predicted molar refractivity (Wildman–Crippen MR) is 48.9 cm³/mol. The molecule has 1 N–H and O–H groups in total. The fourth-order valence-electron chi connectivity index (χ4n) is 1.63. The number of carboxylic acid groups (broad SMARTS) is 1. The van der Waals surface area contributed by atoms with Gasteiger partial charge in [0.25, 0.3) is 0 Å². The number of carboxylic acids is 1. The number of ether oxygens (including phenoxy) is 1. The van der Waals surface area contributed by atoms with E-state index >= 15 is 0 Å². The van der Waals surface area contributed by atoms with Gasteiger partial charge in [0.1, 0.15) is 0 Å². The molecule has 1 aromatic rings. The Morgan fingerprint density at radius 1 is 1.50 bits per heavy atom. The Hall–Kier alpha value is -1.42. The summed E-state index contributed by atoms with van der Waals surface area (Å²) in [7, 11) is 0. The van der Waals surface area contributed by atoms with Crippen LogP contribution in [0, 0.1) is 5.92 Å². The van der Waals surface area contributed by atoms with Gasteiger partial charge in [-0.05, 0) is 17.7 Å². The summed E-state index contributed by atoms with van der Waals surface area (Å²) in [6.07, 6.45) is 3.23. The highest BCUT2D eigenvalue weighted by atomic mass is 16.5. The summed E-state index contributed by atoms with van der Waals surface area (Å²) < 4.78 is 5.01. The largest absolute Gasteiger partial charge is 0.481 e. The van der Waals surface area contributed by atoms with E-state index in [9.17, 15) is 4.79 Å². The van der Waals surface area contributed by atoms with Crippen molar-refractivity contribution in [3.05, 3.63) is 30.1 Å². The van der Waals surface area contributed by atoms with Crippen LogP contribution >= 0.6 is 0 Å². The van der Waals surface area contributed by atoms with Gasteiger partial charge in [0.05, 0.1) is 19.1 Å². The van der Waals surface area contributed by atoms with Crippen LogP contribution in [0.25, 0.3) is 0 Å². The van der Waals surface area contributed by atoms with E-state index in [0.29, 0.717) is 13.2 Å². The van der Waals surface area contributed by atoms with Gasteiger partial charge in [-0.3, -0.25) is 9.78 Å². The SMILES string of the molecule is O=C(O)C(c1ccncc1)C1COC1. The van der Waals surface area contributed by atoms with Gasteiger partial charge in [-0.1, -0.05) is 0 Å². The van der Waals surface area contributed by atoms with E-state index < -0.39 is 11.9 Å². The van der Waals surface area contributed by atoms with E-state index in [4.69, 9.17) is 9.84 Å². The number of rotatable bonds is 3. The predicted octanol–water partition coefficient (Wildman–Crippen LogP) is 0.896. The maximum Gasteiger partial charge on any atom is 0.311 e. The zero-order valence-corrected chi connectivity index (χ0v) is 7.59. The smallest absolute Gasteiger partial charge is 0.311 e. The molecule has 2 heterocycles. The van der Waals surface area contributed by atoms with E-state index in [1.165, 1.54) is 0 Å². The van der Waals surface area contributed by atoms with Crippen molar-refractivity contribution in [3.8, 4) is 0 Å². The second-order valence-electron chi connectivity index (χ2n) is 3.39. The van der Waals surface area contributed by atoms with Crippen LogP contribution in [0.2, 0.25) is 0 Å². The Morgan fingerprint density at radius 2 is 2.14 bits per heavy atom. The summed E-state index contributed by atoms with van der Waals surface area (Å²) in [6, 6.07) is 3.49. The van der Waals surface area contributed by atoms with Crippen molar-refractivity contribution in [1.29, 1.82) is 0 Å². The summed E-state index contributed by atoms with van der Waals surface area (Å²) in [6.45, 7) is 1.08. The highest BCUT2D eigenvalue weighted by molar-refractivity contribution is 5.76. The molecule has 0 amide bonds. The van der Waals surface area contributed by atoms with E-state index in [0.717, 1.165) is 5.56 Å².